The van der Waals surface area contributed by atoms with Crippen molar-refractivity contribution in [2.24, 2.45) is 0 Å². The van der Waals surface area contributed by atoms with Gasteiger partial charge in [-0.3, -0.25) is 14.5 Å². The lowest BCUT2D eigenvalue weighted by atomic mass is 10.3. The molecule has 0 aromatic rings. The Morgan fingerprint density at radius 2 is 1.77 bits per heavy atom. The van der Waals surface area contributed by atoms with Crippen molar-refractivity contribution in [1.82, 2.24) is 14.7 Å². The summed E-state index contributed by atoms with van der Waals surface area (Å²) in [6.07, 6.45) is 0.518. The minimum atomic E-state index is -0.381. The van der Waals surface area contributed by atoms with Crippen LogP contribution in [-0.2, 0) is 14.3 Å². The quantitative estimate of drug-likeness (QED) is 0.698. The highest BCUT2D eigenvalue weighted by Crippen LogP contribution is 2.07. The number of carbonyl (C=O) groups excluding carboxylic acids is 2. The van der Waals surface area contributed by atoms with Crippen LogP contribution in [-0.4, -0.2) is 85.0 Å². The maximum Gasteiger partial charge on any atom is 0.251 e. The first-order valence-corrected chi connectivity index (χ1v) is 8.43. The molecule has 1 aliphatic rings. The van der Waals surface area contributed by atoms with Crippen LogP contribution in [0.15, 0.2) is 0 Å². The number of likely N-dealkylation sites (N-methyl/N-ethyl adjacent to an activating group) is 1. The van der Waals surface area contributed by atoms with Crippen LogP contribution in [0.3, 0.4) is 0 Å². The normalized spacial score (nSPS) is 17.9. The fourth-order valence-electron chi connectivity index (χ4n) is 2.80. The predicted octanol–water partition coefficient (Wildman–Crippen LogP) is 0.814. The van der Waals surface area contributed by atoms with Crippen molar-refractivity contribution in [2.45, 2.75) is 40.2 Å². The van der Waals surface area contributed by atoms with Gasteiger partial charge in [-0.15, -0.1) is 0 Å². The second-order valence-electron chi connectivity index (χ2n) is 5.62. The zero-order valence-electron chi connectivity index (χ0n) is 14.5. The molecule has 6 heteroatoms. The largest absolute Gasteiger partial charge is 0.369 e. The summed E-state index contributed by atoms with van der Waals surface area (Å²) in [6.45, 7) is 13.2. The van der Waals surface area contributed by atoms with Gasteiger partial charge in [0, 0.05) is 45.9 Å². The molecule has 2 amide bonds. The molecule has 128 valence electrons. The van der Waals surface area contributed by atoms with Crippen molar-refractivity contribution in [3.63, 3.8) is 0 Å². The van der Waals surface area contributed by atoms with E-state index in [2.05, 4.69) is 4.90 Å². The minimum Gasteiger partial charge on any atom is -0.369 e. The average Bonchev–Trinajstić information content (AvgIpc) is 2.73. The monoisotopic (exact) mass is 313 g/mol. The highest BCUT2D eigenvalue weighted by molar-refractivity contribution is 5.80. The number of amides is 2. The number of ether oxygens (including phenoxy) is 1. The lowest BCUT2D eigenvalue weighted by molar-refractivity contribution is -0.142. The van der Waals surface area contributed by atoms with Gasteiger partial charge >= 0.3 is 0 Å². The summed E-state index contributed by atoms with van der Waals surface area (Å²) in [5.41, 5.74) is 0. The van der Waals surface area contributed by atoms with E-state index in [0.717, 1.165) is 39.1 Å². The summed E-state index contributed by atoms with van der Waals surface area (Å²) < 4.78 is 5.38. The second kappa shape index (κ2) is 9.79. The molecule has 1 aliphatic heterocycles. The first kappa shape index (κ1) is 18.9. The van der Waals surface area contributed by atoms with Crippen LogP contribution in [0, 0.1) is 0 Å². The van der Waals surface area contributed by atoms with E-state index in [1.807, 2.05) is 30.6 Å². The summed E-state index contributed by atoms with van der Waals surface area (Å²) in [6, 6.07) is 0. The third-order valence-corrected chi connectivity index (χ3v) is 4.14. The summed E-state index contributed by atoms with van der Waals surface area (Å²) >= 11 is 0. The summed E-state index contributed by atoms with van der Waals surface area (Å²) in [5.74, 6) is 0.228. The van der Waals surface area contributed by atoms with Crippen LogP contribution in [0.25, 0.3) is 0 Å². The fourth-order valence-corrected chi connectivity index (χ4v) is 2.80. The van der Waals surface area contributed by atoms with E-state index in [1.54, 1.807) is 6.92 Å². The van der Waals surface area contributed by atoms with Crippen molar-refractivity contribution in [1.29, 1.82) is 0 Å². The molecule has 22 heavy (non-hydrogen) atoms. The Balaban J connectivity index is 2.48. The third kappa shape index (κ3) is 5.57. The molecule has 1 atom stereocenters. The van der Waals surface area contributed by atoms with Gasteiger partial charge in [0.2, 0.25) is 5.91 Å². The first-order valence-electron chi connectivity index (χ1n) is 8.43. The van der Waals surface area contributed by atoms with Gasteiger partial charge < -0.3 is 14.5 Å². The van der Waals surface area contributed by atoms with E-state index in [1.165, 1.54) is 0 Å². The number of nitrogens with zero attached hydrogens (tertiary/aromatic N) is 3. The van der Waals surface area contributed by atoms with Gasteiger partial charge in [0.15, 0.2) is 0 Å². The number of carbonyl (C=O) groups is 2. The molecule has 1 rings (SSSR count). The van der Waals surface area contributed by atoms with E-state index in [4.69, 9.17) is 4.74 Å². The first-order chi connectivity index (χ1) is 10.5. The zero-order valence-corrected chi connectivity index (χ0v) is 14.5. The average molecular weight is 313 g/mol. The van der Waals surface area contributed by atoms with Gasteiger partial charge in [-0.25, -0.2) is 0 Å². The van der Waals surface area contributed by atoms with E-state index in [9.17, 15) is 9.59 Å². The molecule has 0 aromatic carbocycles. The Kier molecular flexibility index (Phi) is 8.42. The van der Waals surface area contributed by atoms with E-state index >= 15 is 0 Å². The van der Waals surface area contributed by atoms with Gasteiger partial charge in [0.1, 0.15) is 6.10 Å². The molecule has 0 aliphatic carbocycles. The van der Waals surface area contributed by atoms with E-state index in [0.29, 0.717) is 19.7 Å². The molecule has 0 N–H and O–H groups in total. The van der Waals surface area contributed by atoms with E-state index in [-0.39, 0.29) is 17.9 Å². The summed E-state index contributed by atoms with van der Waals surface area (Å²) in [7, 11) is 0. The van der Waals surface area contributed by atoms with Gasteiger partial charge in [0.05, 0.1) is 6.54 Å². The molecule has 6 nitrogen and oxygen atoms in total. The van der Waals surface area contributed by atoms with Crippen LogP contribution in [0.4, 0.5) is 0 Å². The molecule has 1 saturated heterocycles. The fraction of sp³-hybridized carbons (Fsp3) is 0.875. The molecule has 0 spiro atoms. The smallest absolute Gasteiger partial charge is 0.251 e. The Labute approximate surface area is 134 Å². The summed E-state index contributed by atoms with van der Waals surface area (Å²) in [5, 5.41) is 0. The van der Waals surface area contributed by atoms with Crippen molar-refractivity contribution in [3.05, 3.63) is 0 Å². The highest BCUT2D eigenvalue weighted by atomic mass is 16.5. The topological polar surface area (TPSA) is 53.1 Å². The van der Waals surface area contributed by atoms with Gasteiger partial charge in [-0.1, -0.05) is 0 Å². The molecule has 0 aromatic heterocycles. The lowest BCUT2D eigenvalue weighted by Crippen LogP contribution is -2.43. The maximum absolute atomic E-state index is 12.3. The van der Waals surface area contributed by atoms with Crippen LogP contribution in [0.1, 0.15) is 34.1 Å². The minimum absolute atomic E-state index is 0.0544. The van der Waals surface area contributed by atoms with Crippen molar-refractivity contribution >= 4 is 11.8 Å². The summed E-state index contributed by atoms with van der Waals surface area (Å²) in [4.78, 5) is 30.3. The van der Waals surface area contributed by atoms with Crippen LogP contribution in [0.5, 0.6) is 0 Å². The molecular formula is C16H31N3O3. The highest BCUT2D eigenvalue weighted by Gasteiger charge is 2.24. The molecule has 0 radical (unpaired) electrons. The second-order valence-corrected chi connectivity index (χ2v) is 5.62. The predicted molar refractivity (Wildman–Crippen MR) is 86.7 cm³/mol. The third-order valence-electron chi connectivity index (χ3n) is 4.14. The standard InChI is InChI=1S/C16H31N3O3/c1-5-18(6-2)15(20)13-17-9-8-10-19(12-11-17)16(21)14(4)22-7-3/h14H,5-13H2,1-4H3/t14-/m1/s1. The Morgan fingerprint density at radius 1 is 1.09 bits per heavy atom. The van der Waals surface area contributed by atoms with Gasteiger partial charge in [-0.2, -0.15) is 0 Å². The SMILES string of the molecule is CCO[C@H](C)C(=O)N1CCCN(CC(=O)N(CC)CC)CC1. The number of hydrogen-bond donors (Lipinski definition) is 0. The number of rotatable bonds is 7. The van der Waals surface area contributed by atoms with Crippen molar-refractivity contribution in [2.75, 3.05) is 52.4 Å². The van der Waals surface area contributed by atoms with Gasteiger partial charge in [0.25, 0.3) is 5.91 Å². The Morgan fingerprint density at radius 3 is 2.36 bits per heavy atom. The molecule has 1 fully saturated rings. The zero-order chi connectivity index (χ0) is 16.5. The van der Waals surface area contributed by atoms with Crippen LogP contribution in [0.2, 0.25) is 0 Å². The molecule has 0 unspecified atom stereocenters. The van der Waals surface area contributed by atoms with Crippen LogP contribution >= 0.6 is 0 Å². The van der Waals surface area contributed by atoms with E-state index < -0.39 is 0 Å². The lowest BCUT2D eigenvalue weighted by Gasteiger charge is -2.26. The number of hydrogen-bond acceptors (Lipinski definition) is 4. The van der Waals surface area contributed by atoms with Crippen molar-refractivity contribution in [3.8, 4) is 0 Å². The van der Waals surface area contributed by atoms with Crippen LogP contribution < -0.4 is 0 Å². The molecular weight excluding hydrogens is 282 g/mol. The van der Waals surface area contributed by atoms with Gasteiger partial charge in [-0.05, 0) is 34.1 Å². The van der Waals surface area contributed by atoms with Crippen molar-refractivity contribution < 1.29 is 14.3 Å². The molecule has 0 saturated carbocycles. The maximum atomic E-state index is 12.3. The Bertz CT molecular complexity index is 359. The Hall–Kier alpha value is -1.14. The molecule has 0 bridgehead atoms. The molecule has 1 heterocycles.